The van der Waals surface area contributed by atoms with Crippen molar-refractivity contribution in [3.63, 3.8) is 0 Å². The average molecular weight is 196 g/mol. The van der Waals surface area contributed by atoms with Gasteiger partial charge in [0.05, 0.1) is 6.42 Å². The van der Waals surface area contributed by atoms with Crippen LogP contribution in [0.4, 0.5) is 0 Å². The lowest BCUT2D eigenvalue weighted by molar-refractivity contribution is -0.138. The number of carboxylic acids is 1. The van der Waals surface area contributed by atoms with E-state index in [9.17, 15) is 9.59 Å². The number of aromatic nitrogens is 2. The van der Waals surface area contributed by atoms with E-state index in [0.29, 0.717) is 11.5 Å². The Balaban J connectivity index is 2.59. The van der Waals surface area contributed by atoms with E-state index in [4.69, 9.17) is 10.8 Å². The molecule has 6 nitrogen and oxygen atoms in total. The number of rotatable bonds is 5. The molecule has 4 N–H and O–H groups in total. The number of carboxylic acid groups (broad SMARTS) is 1. The highest BCUT2D eigenvalue weighted by molar-refractivity contribution is 5.73. The lowest BCUT2D eigenvalue weighted by atomic mass is 10.2. The van der Waals surface area contributed by atoms with E-state index in [1.807, 2.05) is 0 Å². The van der Waals surface area contributed by atoms with Crippen LogP contribution in [0.25, 0.3) is 0 Å². The smallest absolute Gasteiger partial charge is 0.320 e. The monoisotopic (exact) mass is 196 g/mol. The Labute approximate surface area is 80.1 Å². The predicted octanol–water partition coefficient (Wildman–Crippen LogP) is -0.984. The summed E-state index contributed by atoms with van der Waals surface area (Å²) in [5, 5.41) is 8.53. The highest BCUT2D eigenvalue weighted by Gasteiger charge is 2.13. The molecule has 0 aliphatic carbocycles. The topological polar surface area (TPSA) is 109 Å². The largest absolute Gasteiger partial charge is 0.480 e. The van der Waals surface area contributed by atoms with Crippen LogP contribution in [0, 0.1) is 0 Å². The summed E-state index contributed by atoms with van der Waals surface area (Å²) in [6, 6.07) is -0.955. The zero-order valence-corrected chi connectivity index (χ0v) is 7.36. The molecule has 0 spiro atoms. The van der Waals surface area contributed by atoms with Crippen molar-refractivity contribution in [1.29, 1.82) is 0 Å². The molecule has 0 aliphatic rings. The average Bonchev–Trinajstić information content (AvgIpc) is 2.53. The summed E-state index contributed by atoms with van der Waals surface area (Å²) in [7, 11) is 0. The number of imidazole rings is 1. The molecule has 0 aliphatic heterocycles. The Morgan fingerprint density at radius 3 is 3.07 bits per heavy atom. The molecule has 1 unspecified atom stereocenters. The van der Waals surface area contributed by atoms with Crippen molar-refractivity contribution < 1.29 is 14.7 Å². The van der Waals surface area contributed by atoms with Gasteiger partial charge in [-0.3, -0.25) is 9.59 Å². The van der Waals surface area contributed by atoms with Crippen LogP contribution in [0.2, 0.25) is 0 Å². The van der Waals surface area contributed by atoms with Crippen LogP contribution in [0.1, 0.15) is 11.5 Å². The predicted molar refractivity (Wildman–Crippen MR) is 47.3 cm³/mol. The fourth-order valence-corrected chi connectivity index (χ4v) is 0.992. The second-order valence-corrected chi connectivity index (χ2v) is 2.83. The minimum absolute atomic E-state index is 0.0717. The zero-order chi connectivity index (χ0) is 10.6. The van der Waals surface area contributed by atoms with Gasteiger partial charge in [-0.15, -0.1) is 0 Å². The SMILES string of the molecule is NC(Cc1cnc(C[C]=O)[nH]1)C(=O)O. The maximum atomic E-state index is 10.4. The van der Waals surface area contributed by atoms with Crippen molar-refractivity contribution in [2.75, 3.05) is 0 Å². The third kappa shape index (κ3) is 2.67. The molecule has 0 fully saturated rings. The molecule has 1 aromatic heterocycles. The first-order valence-electron chi connectivity index (χ1n) is 3.99. The fourth-order valence-electron chi connectivity index (χ4n) is 0.992. The van der Waals surface area contributed by atoms with Crippen LogP contribution in [0.3, 0.4) is 0 Å². The summed E-state index contributed by atoms with van der Waals surface area (Å²) in [4.78, 5) is 27.1. The van der Waals surface area contributed by atoms with Gasteiger partial charge in [-0.25, -0.2) is 4.98 Å². The summed E-state index contributed by atoms with van der Waals surface area (Å²) in [5.74, 6) is -0.601. The van der Waals surface area contributed by atoms with Gasteiger partial charge < -0.3 is 15.8 Å². The number of hydrogen-bond acceptors (Lipinski definition) is 4. The summed E-state index contributed by atoms with van der Waals surface area (Å²) < 4.78 is 0. The van der Waals surface area contributed by atoms with E-state index >= 15 is 0 Å². The number of nitrogens with zero attached hydrogens (tertiary/aromatic N) is 1. The fraction of sp³-hybridized carbons (Fsp3) is 0.375. The van der Waals surface area contributed by atoms with Gasteiger partial charge >= 0.3 is 5.97 Å². The number of aromatic amines is 1. The standard InChI is InChI=1S/C8H10N3O3/c9-6(8(13)14)3-5-4-10-7(11-5)1-2-12/h4,6H,1,3,9H2,(H,10,11)(H,13,14). The number of hydrogen-bond donors (Lipinski definition) is 3. The first-order chi connectivity index (χ1) is 6.63. The van der Waals surface area contributed by atoms with Gasteiger partial charge in [0.1, 0.15) is 11.9 Å². The first-order valence-corrected chi connectivity index (χ1v) is 3.99. The van der Waals surface area contributed by atoms with Crippen molar-refractivity contribution in [3.05, 3.63) is 17.7 Å². The van der Waals surface area contributed by atoms with E-state index in [2.05, 4.69) is 9.97 Å². The van der Waals surface area contributed by atoms with Gasteiger partial charge in [-0.05, 0) is 0 Å². The Bertz CT molecular complexity index is 334. The Hall–Kier alpha value is -1.69. The van der Waals surface area contributed by atoms with Crippen molar-refractivity contribution in [3.8, 4) is 0 Å². The third-order valence-electron chi connectivity index (χ3n) is 1.68. The Kier molecular flexibility index (Phi) is 3.35. The normalized spacial score (nSPS) is 12.4. The zero-order valence-electron chi connectivity index (χ0n) is 7.36. The van der Waals surface area contributed by atoms with Gasteiger partial charge in [-0.1, -0.05) is 0 Å². The van der Waals surface area contributed by atoms with Gasteiger partial charge in [-0.2, -0.15) is 0 Å². The number of aliphatic carboxylic acids is 1. The first kappa shape index (κ1) is 10.4. The van der Waals surface area contributed by atoms with Gasteiger partial charge in [0.25, 0.3) is 0 Å². The molecule has 1 rings (SSSR count). The van der Waals surface area contributed by atoms with E-state index in [1.54, 1.807) is 6.29 Å². The molecule has 0 saturated carbocycles. The second-order valence-electron chi connectivity index (χ2n) is 2.83. The quantitative estimate of drug-likeness (QED) is 0.560. The van der Waals surface area contributed by atoms with Crippen molar-refractivity contribution in [1.82, 2.24) is 9.97 Å². The lowest BCUT2D eigenvalue weighted by Crippen LogP contribution is -2.32. The molecule has 0 saturated heterocycles. The maximum Gasteiger partial charge on any atom is 0.320 e. The highest BCUT2D eigenvalue weighted by Crippen LogP contribution is 2.00. The summed E-state index contributed by atoms with van der Waals surface area (Å²) in [6.45, 7) is 0. The van der Waals surface area contributed by atoms with Crippen molar-refractivity contribution >= 4 is 12.3 Å². The minimum atomic E-state index is -1.07. The van der Waals surface area contributed by atoms with Crippen LogP contribution in [-0.4, -0.2) is 33.4 Å². The van der Waals surface area contributed by atoms with Crippen LogP contribution in [0.5, 0.6) is 0 Å². The molecular weight excluding hydrogens is 186 g/mol. The van der Waals surface area contributed by atoms with Gasteiger partial charge in [0.15, 0.2) is 0 Å². The molecule has 0 bridgehead atoms. The molecule has 0 aromatic carbocycles. The number of H-pyrrole nitrogens is 1. The molecule has 0 amide bonds. The van der Waals surface area contributed by atoms with Crippen molar-refractivity contribution in [2.24, 2.45) is 5.73 Å². The summed E-state index contributed by atoms with van der Waals surface area (Å²) in [5.41, 5.74) is 5.91. The molecular formula is C8H10N3O3. The second kappa shape index (κ2) is 4.52. The summed E-state index contributed by atoms with van der Waals surface area (Å²) in [6.07, 6.45) is 3.39. The molecule has 1 heterocycles. The van der Waals surface area contributed by atoms with E-state index < -0.39 is 12.0 Å². The summed E-state index contributed by atoms with van der Waals surface area (Å²) >= 11 is 0. The molecule has 1 radical (unpaired) electrons. The van der Waals surface area contributed by atoms with Crippen LogP contribution in [-0.2, 0) is 22.4 Å². The van der Waals surface area contributed by atoms with E-state index in [0.717, 1.165) is 0 Å². The number of nitrogens with one attached hydrogen (secondary N) is 1. The van der Waals surface area contributed by atoms with Crippen LogP contribution >= 0.6 is 0 Å². The number of carbonyl (C=O) groups excluding carboxylic acids is 1. The minimum Gasteiger partial charge on any atom is -0.480 e. The molecule has 75 valence electrons. The van der Waals surface area contributed by atoms with Crippen molar-refractivity contribution in [2.45, 2.75) is 18.9 Å². The molecule has 1 atom stereocenters. The Morgan fingerprint density at radius 2 is 2.50 bits per heavy atom. The molecule has 6 heteroatoms. The van der Waals surface area contributed by atoms with Gasteiger partial charge in [0, 0.05) is 18.3 Å². The number of nitrogens with two attached hydrogens (primary N) is 1. The lowest BCUT2D eigenvalue weighted by Gasteiger charge is -2.02. The molecule has 14 heavy (non-hydrogen) atoms. The van der Waals surface area contributed by atoms with Crippen LogP contribution in [0.15, 0.2) is 6.20 Å². The van der Waals surface area contributed by atoms with E-state index in [1.165, 1.54) is 6.20 Å². The maximum absolute atomic E-state index is 10.4. The molecule has 1 aromatic rings. The van der Waals surface area contributed by atoms with Crippen LogP contribution < -0.4 is 5.73 Å². The van der Waals surface area contributed by atoms with Gasteiger partial charge in [0.2, 0.25) is 6.29 Å². The number of carbonyl (C=O) groups is 1. The Morgan fingerprint density at radius 1 is 1.79 bits per heavy atom. The third-order valence-corrected chi connectivity index (χ3v) is 1.68. The highest BCUT2D eigenvalue weighted by atomic mass is 16.4. The van der Waals surface area contributed by atoms with E-state index in [-0.39, 0.29) is 12.8 Å².